The Kier molecular flexibility index (Phi) is 13.4. The Bertz CT molecular complexity index is 1190. The van der Waals surface area contributed by atoms with Gasteiger partial charge in [0.1, 0.15) is 23.6 Å². The van der Waals surface area contributed by atoms with Crippen LogP contribution in [0.3, 0.4) is 0 Å². The number of carbonyl (C=O) groups is 5. The lowest BCUT2D eigenvalue weighted by Crippen LogP contribution is -2.54. The Balaban J connectivity index is 1.90. The third-order valence-corrected chi connectivity index (χ3v) is 6.50. The maximum atomic E-state index is 13.0. The van der Waals surface area contributed by atoms with Crippen molar-refractivity contribution < 1.29 is 39.3 Å². The molecule has 14 heteroatoms. The number of carbonyl (C=O) groups excluding carboxylic acids is 4. The molecular weight excluding hydrogens is 554 g/mol. The standard InChI is InChI=1S/C27H35N5O8S/c1-41-11-10-21(27(39)40)32-26(38)22(13-17-4-8-19(34)9-5-17)31-24(36)15-29-23(35)14-30-25(37)20(28)12-16-2-6-18(33)7-3-16/h2-9,20-22,33-34H,10-15,28H2,1H3,(H,29,35)(H,30,37)(H,31,36)(H,32,38)(H,39,40)/t20-,21-,22-/m0/s1. The fourth-order valence-electron chi connectivity index (χ4n) is 3.61. The molecule has 2 aromatic carbocycles. The van der Waals surface area contributed by atoms with Gasteiger partial charge in [-0.2, -0.15) is 11.8 Å². The molecule has 4 amide bonds. The van der Waals surface area contributed by atoms with Crippen molar-refractivity contribution in [3.05, 3.63) is 59.7 Å². The summed E-state index contributed by atoms with van der Waals surface area (Å²) in [7, 11) is 0. The molecule has 0 saturated carbocycles. The van der Waals surface area contributed by atoms with Gasteiger partial charge < -0.3 is 42.3 Å². The number of nitrogens with two attached hydrogens (primary N) is 1. The lowest BCUT2D eigenvalue weighted by molar-refractivity contribution is -0.142. The van der Waals surface area contributed by atoms with E-state index in [4.69, 9.17) is 5.73 Å². The number of amides is 4. The zero-order chi connectivity index (χ0) is 30.4. The van der Waals surface area contributed by atoms with Crippen LogP contribution in [0.1, 0.15) is 17.5 Å². The monoisotopic (exact) mass is 589 g/mol. The first kappa shape index (κ1) is 32.9. The van der Waals surface area contributed by atoms with E-state index in [0.717, 1.165) is 5.56 Å². The van der Waals surface area contributed by atoms with Gasteiger partial charge in [0.25, 0.3) is 0 Å². The summed E-state index contributed by atoms with van der Waals surface area (Å²) in [5.74, 6) is -3.32. The molecule has 0 heterocycles. The smallest absolute Gasteiger partial charge is 0.326 e. The molecule has 0 radical (unpaired) electrons. The maximum absolute atomic E-state index is 13.0. The molecule has 0 aromatic heterocycles. The zero-order valence-corrected chi connectivity index (χ0v) is 23.3. The summed E-state index contributed by atoms with van der Waals surface area (Å²) >= 11 is 1.42. The lowest BCUT2D eigenvalue weighted by atomic mass is 10.0. The minimum absolute atomic E-state index is 0.00432. The van der Waals surface area contributed by atoms with Gasteiger partial charge in [0.05, 0.1) is 19.1 Å². The van der Waals surface area contributed by atoms with E-state index >= 15 is 0 Å². The Morgan fingerprint density at radius 1 is 0.756 bits per heavy atom. The van der Waals surface area contributed by atoms with Gasteiger partial charge in [-0.05, 0) is 60.2 Å². The van der Waals surface area contributed by atoms with Gasteiger partial charge in [-0.3, -0.25) is 19.2 Å². The molecule has 2 rings (SSSR count). The summed E-state index contributed by atoms with van der Waals surface area (Å²) in [4.78, 5) is 61.5. The Morgan fingerprint density at radius 3 is 1.83 bits per heavy atom. The SMILES string of the molecule is CSCC[C@H](NC(=O)[C@H](Cc1ccc(O)cc1)NC(=O)CNC(=O)CNC(=O)[C@@H](N)Cc1ccc(O)cc1)C(=O)O. The van der Waals surface area contributed by atoms with Crippen molar-refractivity contribution in [1.29, 1.82) is 0 Å². The van der Waals surface area contributed by atoms with Crippen LogP contribution >= 0.6 is 11.8 Å². The number of aliphatic carboxylic acids is 1. The molecule has 222 valence electrons. The number of carboxylic acids is 1. The van der Waals surface area contributed by atoms with Gasteiger partial charge in [0.2, 0.25) is 23.6 Å². The van der Waals surface area contributed by atoms with E-state index in [1.54, 1.807) is 30.5 Å². The number of nitrogens with one attached hydrogen (secondary N) is 4. The van der Waals surface area contributed by atoms with Crippen molar-refractivity contribution in [2.45, 2.75) is 37.4 Å². The minimum atomic E-state index is -1.21. The largest absolute Gasteiger partial charge is 0.508 e. The highest BCUT2D eigenvalue weighted by Gasteiger charge is 2.27. The number of phenolic OH excluding ortho intramolecular Hbond substituents is 2. The molecule has 2 aromatic rings. The molecule has 41 heavy (non-hydrogen) atoms. The van der Waals surface area contributed by atoms with Crippen molar-refractivity contribution >= 4 is 41.4 Å². The summed E-state index contributed by atoms with van der Waals surface area (Å²) in [6.45, 7) is -0.953. The summed E-state index contributed by atoms with van der Waals surface area (Å²) in [5, 5.41) is 38.0. The first-order valence-corrected chi connectivity index (χ1v) is 14.0. The van der Waals surface area contributed by atoms with Crippen molar-refractivity contribution in [1.82, 2.24) is 21.3 Å². The fourth-order valence-corrected chi connectivity index (χ4v) is 4.08. The molecule has 0 aliphatic rings. The number of hydrogen-bond donors (Lipinski definition) is 8. The van der Waals surface area contributed by atoms with E-state index in [2.05, 4.69) is 21.3 Å². The zero-order valence-electron chi connectivity index (χ0n) is 22.5. The summed E-state index contributed by atoms with van der Waals surface area (Å²) in [6.07, 6.45) is 2.17. The number of thioether (sulfide) groups is 1. The molecule has 0 aliphatic carbocycles. The predicted octanol–water partition coefficient (Wildman–Crippen LogP) is -0.750. The number of rotatable bonds is 16. The highest BCUT2D eigenvalue weighted by molar-refractivity contribution is 7.98. The number of aromatic hydroxyl groups is 2. The number of carboxylic acid groups (broad SMARTS) is 1. The Hall–Kier alpha value is -4.30. The first-order chi connectivity index (χ1) is 19.5. The average Bonchev–Trinajstić information content (AvgIpc) is 2.94. The number of benzene rings is 2. The fraction of sp³-hybridized carbons (Fsp3) is 0.370. The van der Waals surface area contributed by atoms with Crippen LogP contribution in [-0.2, 0) is 36.8 Å². The molecule has 0 spiro atoms. The van der Waals surface area contributed by atoms with Gasteiger partial charge in [0, 0.05) is 6.42 Å². The van der Waals surface area contributed by atoms with Crippen LogP contribution in [0.5, 0.6) is 11.5 Å². The average molecular weight is 590 g/mol. The molecule has 0 saturated heterocycles. The van der Waals surface area contributed by atoms with Crippen molar-refractivity contribution in [2.24, 2.45) is 5.73 Å². The summed E-state index contributed by atoms with van der Waals surface area (Å²) < 4.78 is 0. The maximum Gasteiger partial charge on any atom is 0.326 e. The highest BCUT2D eigenvalue weighted by Crippen LogP contribution is 2.12. The van der Waals surface area contributed by atoms with E-state index in [1.807, 2.05) is 0 Å². The third kappa shape index (κ3) is 12.2. The number of hydrogen-bond acceptors (Lipinski definition) is 9. The summed E-state index contributed by atoms with van der Waals surface area (Å²) in [5.41, 5.74) is 7.18. The second-order valence-electron chi connectivity index (χ2n) is 9.14. The van der Waals surface area contributed by atoms with E-state index < -0.39 is 60.8 Å². The molecule has 0 unspecified atom stereocenters. The topological polar surface area (TPSA) is 220 Å². The summed E-state index contributed by atoms with van der Waals surface area (Å²) in [6, 6.07) is 8.84. The molecule has 3 atom stereocenters. The Morgan fingerprint density at radius 2 is 1.29 bits per heavy atom. The molecule has 0 fully saturated rings. The van der Waals surface area contributed by atoms with E-state index in [0.29, 0.717) is 11.3 Å². The van der Waals surface area contributed by atoms with Crippen molar-refractivity contribution in [2.75, 3.05) is 25.1 Å². The second kappa shape index (κ2) is 16.7. The molecule has 13 nitrogen and oxygen atoms in total. The van der Waals surface area contributed by atoms with E-state index in [9.17, 15) is 39.3 Å². The van der Waals surface area contributed by atoms with Crippen molar-refractivity contribution in [3.8, 4) is 11.5 Å². The van der Waals surface area contributed by atoms with Crippen LogP contribution in [0.4, 0.5) is 0 Å². The minimum Gasteiger partial charge on any atom is -0.508 e. The second-order valence-corrected chi connectivity index (χ2v) is 10.1. The van der Waals surface area contributed by atoms with Crippen LogP contribution in [0.2, 0.25) is 0 Å². The van der Waals surface area contributed by atoms with Gasteiger partial charge in [-0.15, -0.1) is 0 Å². The van der Waals surface area contributed by atoms with Crippen molar-refractivity contribution in [3.63, 3.8) is 0 Å². The van der Waals surface area contributed by atoms with Crippen LogP contribution < -0.4 is 27.0 Å². The van der Waals surface area contributed by atoms with Crippen LogP contribution in [-0.4, -0.2) is 88.1 Å². The molecule has 0 aliphatic heterocycles. The van der Waals surface area contributed by atoms with Crippen LogP contribution in [0.15, 0.2) is 48.5 Å². The quantitative estimate of drug-likeness (QED) is 0.122. The molecule has 9 N–H and O–H groups in total. The Labute approximate surface area is 241 Å². The van der Waals surface area contributed by atoms with Gasteiger partial charge in [-0.1, -0.05) is 24.3 Å². The third-order valence-electron chi connectivity index (χ3n) is 5.85. The van der Waals surface area contributed by atoms with E-state index in [-0.39, 0.29) is 30.8 Å². The highest BCUT2D eigenvalue weighted by atomic mass is 32.2. The number of phenols is 2. The van der Waals surface area contributed by atoms with Gasteiger partial charge in [0.15, 0.2) is 0 Å². The lowest BCUT2D eigenvalue weighted by Gasteiger charge is -2.22. The van der Waals surface area contributed by atoms with Crippen LogP contribution in [0, 0.1) is 0 Å². The van der Waals surface area contributed by atoms with Gasteiger partial charge >= 0.3 is 5.97 Å². The molecular formula is C27H35N5O8S. The predicted molar refractivity (Wildman–Crippen MR) is 152 cm³/mol. The van der Waals surface area contributed by atoms with Gasteiger partial charge in [-0.25, -0.2) is 4.79 Å². The first-order valence-electron chi connectivity index (χ1n) is 12.7. The normalized spacial score (nSPS) is 12.8. The van der Waals surface area contributed by atoms with E-state index in [1.165, 1.54) is 36.0 Å². The molecule has 0 bridgehead atoms. The van der Waals surface area contributed by atoms with Crippen LogP contribution in [0.25, 0.3) is 0 Å².